The summed E-state index contributed by atoms with van der Waals surface area (Å²) >= 11 is 1.29. The number of ether oxygens (including phenoxy) is 1. The van der Waals surface area contributed by atoms with Crippen LogP contribution in [0.25, 0.3) is 0 Å². The molecule has 1 aromatic heterocycles. The molecule has 2 aromatic carbocycles. The Morgan fingerprint density at radius 1 is 1.18 bits per heavy atom. The average molecular weight is 487 g/mol. The summed E-state index contributed by atoms with van der Waals surface area (Å²) in [5.74, 6) is -0.242. The first-order chi connectivity index (χ1) is 15.9. The lowest BCUT2D eigenvalue weighted by Gasteiger charge is -2.32. The Balaban J connectivity index is 1.54. The fourth-order valence-electron chi connectivity index (χ4n) is 3.89. The van der Waals surface area contributed by atoms with Crippen molar-refractivity contribution in [1.29, 1.82) is 0 Å². The summed E-state index contributed by atoms with van der Waals surface area (Å²) in [5.41, 5.74) is 1.31. The first-order valence-corrected chi connectivity index (χ1v) is 13.0. The van der Waals surface area contributed by atoms with Crippen LogP contribution in [-0.2, 0) is 16.4 Å². The maximum Gasteiger partial charge on any atom is 0.257 e. The van der Waals surface area contributed by atoms with Crippen LogP contribution in [0.2, 0.25) is 0 Å². The van der Waals surface area contributed by atoms with Crippen molar-refractivity contribution in [3.8, 4) is 5.75 Å². The Kier molecular flexibility index (Phi) is 7.06. The Morgan fingerprint density at radius 2 is 1.97 bits per heavy atom. The first-order valence-electron chi connectivity index (χ1n) is 10.8. The van der Waals surface area contributed by atoms with E-state index in [4.69, 9.17) is 4.74 Å². The van der Waals surface area contributed by atoms with Crippen LogP contribution < -0.4 is 10.1 Å². The van der Waals surface area contributed by atoms with E-state index >= 15 is 0 Å². The molecular weight excluding hydrogens is 460 g/mol. The molecular formula is C23H26N4O4S2. The van der Waals surface area contributed by atoms with Gasteiger partial charge in [-0.3, -0.25) is 10.1 Å². The van der Waals surface area contributed by atoms with Gasteiger partial charge in [0.2, 0.25) is 15.2 Å². The zero-order valence-electron chi connectivity index (χ0n) is 18.5. The second-order valence-electron chi connectivity index (χ2n) is 7.94. The van der Waals surface area contributed by atoms with Crippen LogP contribution >= 0.6 is 11.3 Å². The number of benzene rings is 2. The number of rotatable bonds is 7. The van der Waals surface area contributed by atoms with E-state index in [0.717, 1.165) is 29.8 Å². The van der Waals surface area contributed by atoms with E-state index in [-0.39, 0.29) is 22.3 Å². The number of hydrogen-bond donors (Lipinski definition) is 1. The molecule has 1 aliphatic rings. The molecule has 1 amide bonds. The minimum absolute atomic E-state index is 0.00608. The lowest BCUT2D eigenvalue weighted by Crippen LogP contribution is -2.42. The SMILES string of the molecule is COc1ccc(C(=O)Nc2nnc(Cc3ccccc3)s2)cc1S(=O)(=O)N1CCCCC1C. The van der Waals surface area contributed by atoms with Gasteiger partial charge in [-0.1, -0.05) is 48.1 Å². The molecule has 1 N–H and O–H groups in total. The Labute approximate surface area is 197 Å². The molecule has 10 heteroatoms. The summed E-state index contributed by atoms with van der Waals surface area (Å²) in [6, 6.07) is 14.2. The molecule has 2 heterocycles. The molecule has 33 heavy (non-hydrogen) atoms. The minimum Gasteiger partial charge on any atom is -0.495 e. The van der Waals surface area contributed by atoms with Crippen molar-refractivity contribution in [3.05, 3.63) is 64.7 Å². The molecule has 1 atom stereocenters. The number of aromatic nitrogens is 2. The summed E-state index contributed by atoms with van der Waals surface area (Å²) in [7, 11) is -2.39. The summed E-state index contributed by atoms with van der Waals surface area (Å²) in [5, 5.41) is 12.0. The number of methoxy groups -OCH3 is 1. The van der Waals surface area contributed by atoms with Crippen LogP contribution in [0.5, 0.6) is 5.75 Å². The lowest BCUT2D eigenvalue weighted by atomic mass is 10.1. The molecule has 0 aliphatic carbocycles. The first kappa shape index (κ1) is 23.3. The summed E-state index contributed by atoms with van der Waals surface area (Å²) in [6.07, 6.45) is 3.24. The number of carbonyl (C=O) groups excluding carboxylic acids is 1. The number of hydrogen-bond acceptors (Lipinski definition) is 7. The van der Waals surface area contributed by atoms with Gasteiger partial charge in [0.15, 0.2) is 0 Å². The third kappa shape index (κ3) is 5.23. The van der Waals surface area contributed by atoms with Crippen LogP contribution in [0.1, 0.15) is 47.1 Å². The highest BCUT2D eigenvalue weighted by Gasteiger charge is 2.33. The lowest BCUT2D eigenvalue weighted by molar-refractivity contribution is 0.102. The van der Waals surface area contributed by atoms with Crippen molar-refractivity contribution in [2.45, 2.75) is 43.5 Å². The van der Waals surface area contributed by atoms with Crippen molar-refractivity contribution in [3.63, 3.8) is 0 Å². The van der Waals surface area contributed by atoms with Crippen molar-refractivity contribution in [2.24, 2.45) is 0 Å². The Morgan fingerprint density at radius 3 is 2.70 bits per heavy atom. The van der Waals surface area contributed by atoms with Gasteiger partial charge in [0.25, 0.3) is 5.91 Å². The van der Waals surface area contributed by atoms with Crippen molar-refractivity contribution in [1.82, 2.24) is 14.5 Å². The van der Waals surface area contributed by atoms with Crippen LogP contribution in [0.3, 0.4) is 0 Å². The van der Waals surface area contributed by atoms with Gasteiger partial charge in [-0.25, -0.2) is 8.42 Å². The molecule has 0 saturated carbocycles. The highest BCUT2D eigenvalue weighted by Crippen LogP contribution is 2.32. The zero-order chi connectivity index (χ0) is 23.4. The molecule has 0 spiro atoms. The summed E-state index contributed by atoms with van der Waals surface area (Å²) in [6.45, 7) is 2.36. The van der Waals surface area contributed by atoms with Gasteiger partial charge in [-0.05, 0) is 43.5 Å². The number of anilines is 1. The average Bonchev–Trinajstić information content (AvgIpc) is 3.26. The van der Waals surface area contributed by atoms with Crippen LogP contribution in [0.4, 0.5) is 5.13 Å². The standard InChI is InChI=1S/C23H26N4O4S2/c1-16-8-6-7-13-27(16)33(29,30)20-15-18(11-12-19(20)31-2)22(28)24-23-26-25-21(32-23)14-17-9-4-3-5-10-17/h3-5,9-12,15-16H,6-8,13-14H2,1-2H3,(H,24,26,28). The number of piperidine rings is 1. The second kappa shape index (κ2) is 9.98. The van der Waals surface area contributed by atoms with Crippen molar-refractivity contribution < 1.29 is 17.9 Å². The van der Waals surface area contributed by atoms with Crippen molar-refractivity contribution >= 4 is 32.4 Å². The Hall–Kier alpha value is -2.82. The van der Waals surface area contributed by atoms with Gasteiger partial charge in [0.1, 0.15) is 15.7 Å². The maximum atomic E-state index is 13.4. The van der Waals surface area contributed by atoms with E-state index < -0.39 is 15.9 Å². The summed E-state index contributed by atoms with van der Waals surface area (Å²) in [4.78, 5) is 12.9. The molecule has 1 saturated heterocycles. The molecule has 3 aromatic rings. The number of sulfonamides is 1. The number of nitrogens with one attached hydrogen (secondary N) is 1. The molecule has 174 valence electrons. The monoisotopic (exact) mass is 486 g/mol. The smallest absolute Gasteiger partial charge is 0.257 e. The number of nitrogens with zero attached hydrogens (tertiary/aromatic N) is 3. The third-order valence-corrected chi connectivity index (χ3v) is 8.51. The third-order valence-electron chi connectivity index (χ3n) is 5.64. The highest BCUT2D eigenvalue weighted by molar-refractivity contribution is 7.89. The molecule has 4 rings (SSSR count). The molecule has 0 radical (unpaired) electrons. The van der Waals surface area contributed by atoms with Crippen molar-refractivity contribution in [2.75, 3.05) is 19.0 Å². The number of carbonyl (C=O) groups is 1. The fraction of sp³-hybridized carbons (Fsp3) is 0.348. The number of amides is 1. The van der Waals surface area contributed by atoms with E-state index in [2.05, 4.69) is 15.5 Å². The van der Waals surface area contributed by atoms with Gasteiger partial charge in [0, 0.05) is 24.6 Å². The van der Waals surface area contributed by atoms with Gasteiger partial charge >= 0.3 is 0 Å². The van der Waals surface area contributed by atoms with Gasteiger partial charge < -0.3 is 4.74 Å². The molecule has 8 nitrogen and oxygen atoms in total. The zero-order valence-corrected chi connectivity index (χ0v) is 20.2. The maximum absolute atomic E-state index is 13.4. The predicted molar refractivity (Wildman–Crippen MR) is 127 cm³/mol. The molecule has 1 unspecified atom stereocenters. The molecule has 1 fully saturated rings. The van der Waals surface area contributed by atoms with E-state index in [9.17, 15) is 13.2 Å². The molecule has 0 bridgehead atoms. The summed E-state index contributed by atoms with van der Waals surface area (Å²) < 4.78 is 33.6. The highest BCUT2D eigenvalue weighted by atomic mass is 32.2. The van der Waals surface area contributed by atoms with Crippen LogP contribution in [-0.4, -0.2) is 48.5 Å². The minimum atomic E-state index is -3.81. The van der Waals surface area contributed by atoms with Gasteiger partial charge in [-0.15, -0.1) is 10.2 Å². The predicted octanol–water partition coefficient (Wildman–Crippen LogP) is 3.95. The van der Waals surface area contributed by atoms with E-state index in [1.165, 1.54) is 34.9 Å². The van der Waals surface area contributed by atoms with E-state index in [0.29, 0.717) is 18.1 Å². The normalized spacial score (nSPS) is 17.0. The Bertz CT molecular complexity index is 1230. The molecule has 1 aliphatic heterocycles. The second-order valence-corrected chi connectivity index (χ2v) is 10.9. The van der Waals surface area contributed by atoms with Gasteiger partial charge in [0.05, 0.1) is 7.11 Å². The van der Waals surface area contributed by atoms with Crippen LogP contribution in [0.15, 0.2) is 53.4 Å². The van der Waals surface area contributed by atoms with E-state index in [1.807, 2.05) is 37.3 Å². The van der Waals surface area contributed by atoms with Crippen LogP contribution in [0, 0.1) is 0 Å². The van der Waals surface area contributed by atoms with Gasteiger partial charge in [-0.2, -0.15) is 4.31 Å². The van der Waals surface area contributed by atoms with E-state index in [1.54, 1.807) is 6.07 Å². The topological polar surface area (TPSA) is 101 Å². The fourth-order valence-corrected chi connectivity index (χ4v) is 6.54. The quantitative estimate of drug-likeness (QED) is 0.543. The largest absolute Gasteiger partial charge is 0.495 e.